The van der Waals surface area contributed by atoms with E-state index in [1.54, 1.807) is 18.4 Å². The van der Waals surface area contributed by atoms with E-state index in [0.717, 1.165) is 5.56 Å². The summed E-state index contributed by atoms with van der Waals surface area (Å²) in [5, 5.41) is 2.08. The van der Waals surface area contributed by atoms with Gasteiger partial charge < -0.3 is 4.74 Å². The fourth-order valence-electron chi connectivity index (χ4n) is 2.17. The summed E-state index contributed by atoms with van der Waals surface area (Å²) in [4.78, 5) is 1.26. The number of nitrogens with one attached hydrogen (secondary N) is 1. The number of methoxy groups -OCH3 is 1. The van der Waals surface area contributed by atoms with Crippen molar-refractivity contribution in [2.45, 2.75) is 19.1 Å². The normalized spacial score (nSPS) is 14.4. The second-order valence-corrected chi connectivity index (χ2v) is 5.26. The van der Waals surface area contributed by atoms with Gasteiger partial charge in [-0.3, -0.25) is 5.84 Å². The molecule has 18 heavy (non-hydrogen) atoms. The van der Waals surface area contributed by atoms with Gasteiger partial charge in [-0.25, -0.2) is 5.43 Å². The smallest absolute Gasteiger partial charge is 0.103 e. The van der Waals surface area contributed by atoms with E-state index < -0.39 is 0 Å². The summed E-state index contributed by atoms with van der Waals surface area (Å²) in [5.41, 5.74) is 5.19. The average Bonchev–Trinajstić information content (AvgIpc) is 2.83. The summed E-state index contributed by atoms with van der Waals surface area (Å²) in [6.45, 7) is 2.10. The lowest BCUT2D eigenvalue weighted by atomic mass is 9.97. The lowest BCUT2D eigenvalue weighted by molar-refractivity contribution is 0.0676. The molecule has 1 aromatic heterocycles. The van der Waals surface area contributed by atoms with Crippen LogP contribution in [-0.4, -0.2) is 7.11 Å². The van der Waals surface area contributed by atoms with E-state index in [9.17, 15) is 0 Å². The second kappa shape index (κ2) is 6.11. The molecule has 3 nitrogen and oxygen atoms in total. The number of thiophene rings is 1. The predicted octanol–water partition coefficient (Wildman–Crippen LogP) is 2.95. The Morgan fingerprint density at radius 1 is 1.22 bits per heavy atom. The fraction of sp³-hybridized carbons (Fsp3) is 0.286. The zero-order chi connectivity index (χ0) is 13.0. The Balaban J connectivity index is 2.34. The minimum absolute atomic E-state index is 0.0383. The van der Waals surface area contributed by atoms with Crippen molar-refractivity contribution in [1.29, 1.82) is 0 Å². The van der Waals surface area contributed by atoms with Crippen molar-refractivity contribution in [2.24, 2.45) is 5.84 Å². The number of nitrogens with two attached hydrogens (primary N) is 1. The molecule has 0 spiro atoms. The summed E-state index contributed by atoms with van der Waals surface area (Å²) >= 11 is 1.72. The maximum Gasteiger partial charge on any atom is 0.103 e. The first-order valence-corrected chi connectivity index (χ1v) is 6.73. The third kappa shape index (κ3) is 2.62. The molecular formula is C14H18N2OS. The van der Waals surface area contributed by atoms with E-state index in [0.29, 0.717) is 0 Å². The molecule has 1 aromatic carbocycles. The topological polar surface area (TPSA) is 47.3 Å². The van der Waals surface area contributed by atoms with E-state index in [2.05, 4.69) is 35.9 Å². The molecule has 2 aromatic rings. The van der Waals surface area contributed by atoms with E-state index in [-0.39, 0.29) is 12.1 Å². The quantitative estimate of drug-likeness (QED) is 0.643. The zero-order valence-corrected chi connectivity index (χ0v) is 11.4. The molecular weight excluding hydrogens is 244 g/mol. The van der Waals surface area contributed by atoms with Gasteiger partial charge in [0.25, 0.3) is 0 Å². The minimum atomic E-state index is -0.0931. The predicted molar refractivity (Wildman–Crippen MR) is 75.3 cm³/mol. The van der Waals surface area contributed by atoms with Crippen molar-refractivity contribution in [1.82, 2.24) is 5.43 Å². The van der Waals surface area contributed by atoms with Gasteiger partial charge in [-0.2, -0.15) is 0 Å². The van der Waals surface area contributed by atoms with Gasteiger partial charge in [-0.15, -0.1) is 11.3 Å². The van der Waals surface area contributed by atoms with Gasteiger partial charge in [0.05, 0.1) is 6.04 Å². The maximum absolute atomic E-state index is 5.72. The third-order valence-corrected chi connectivity index (χ3v) is 3.96. The Hall–Kier alpha value is -1.20. The fourth-order valence-corrected chi connectivity index (χ4v) is 2.91. The number of hydrogen-bond acceptors (Lipinski definition) is 4. The number of hydrazine groups is 1. The Morgan fingerprint density at radius 3 is 2.44 bits per heavy atom. The van der Waals surface area contributed by atoms with Crippen molar-refractivity contribution in [3.05, 3.63) is 57.8 Å². The Morgan fingerprint density at radius 2 is 1.94 bits per heavy atom. The Labute approximate surface area is 112 Å². The van der Waals surface area contributed by atoms with E-state index >= 15 is 0 Å². The molecule has 3 N–H and O–H groups in total. The lowest BCUT2D eigenvalue weighted by Crippen LogP contribution is -2.33. The highest BCUT2D eigenvalue weighted by Gasteiger charge is 2.25. The van der Waals surface area contributed by atoms with Crippen LogP contribution in [0.3, 0.4) is 0 Å². The molecule has 0 aliphatic heterocycles. The molecule has 0 fully saturated rings. The van der Waals surface area contributed by atoms with Crippen LogP contribution in [0, 0.1) is 6.92 Å². The number of hydrogen-bond donors (Lipinski definition) is 2. The van der Waals surface area contributed by atoms with Crippen LogP contribution in [0.25, 0.3) is 0 Å². The Bertz CT molecular complexity index is 484. The highest BCUT2D eigenvalue weighted by Crippen LogP contribution is 2.34. The van der Waals surface area contributed by atoms with Crippen LogP contribution in [0.15, 0.2) is 41.8 Å². The molecule has 0 aliphatic rings. The molecule has 0 saturated heterocycles. The van der Waals surface area contributed by atoms with Crippen LogP contribution in [0.2, 0.25) is 0 Å². The molecule has 2 atom stereocenters. The van der Waals surface area contributed by atoms with Crippen molar-refractivity contribution >= 4 is 11.3 Å². The SMILES string of the molecule is COC(c1ccccc1)C(NN)c1ccsc1C. The molecule has 4 heteroatoms. The Kier molecular flexibility index (Phi) is 4.49. The first-order valence-electron chi connectivity index (χ1n) is 5.85. The summed E-state index contributed by atoms with van der Waals surface area (Å²) in [6, 6.07) is 12.2. The largest absolute Gasteiger partial charge is 0.375 e. The number of ether oxygens (including phenoxy) is 1. The van der Waals surface area contributed by atoms with Gasteiger partial charge in [-0.1, -0.05) is 30.3 Å². The highest BCUT2D eigenvalue weighted by atomic mass is 32.1. The summed E-state index contributed by atoms with van der Waals surface area (Å²) in [7, 11) is 1.71. The zero-order valence-electron chi connectivity index (χ0n) is 10.6. The maximum atomic E-state index is 5.72. The third-order valence-electron chi connectivity index (χ3n) is 3.10. The van der Waals surface area contributed by atoms with Gasteiger partial charge in [-0.05, 0) is 29.5 Å². The van der Waals surface area contributed by atoms with Crippen molar-refractivity contribution in [2.75, 3.05) is 7.11 Å². The van der Waals surface area contributed by atoms with Gasteiger partial charge in [0.2, 0.25) is 0 Å². The molecule has 96 valence electrons. The van der Waals surface area contributed by atoms with Gasteiger partial charge >= 0.3 is 0 Å². The molecule has 2 rings (SSSR count). The molecule has 0 saturated carbocycles. The summed E-state index contributed by atoms with van der Waals surface area (Å²) in [5.74, 6) is 5.72. The molecule has 0 amide bonds. The molecule has 0 radical (unpaired) electrons. The monoisotopic (exact) mass is 262 g/mol. The number of rotatable bonds is 5. The molecule has 0 bridgehead atoms. The van der Waals surface area contributed by atoms with E-state index in [1.165, 1.54) is 10.4 Å². The molecule has 2 unspecified atom stereocenters. The second-order valence-electron chi connectivity index (χ2n) is 4.14. The van der Waals surface area contributed by atoms with Gasteiger partial charge in [0, 0.05) is 12.0 Å². The van der Waals surface area contributed by atoms with Crippen LogP contribution in [0.4, 0.5) is 0 Å². The van der Waals surface area contributed by atoms with Crippen LogP contribution in [0.5, 0.6) is 0 Å². The van der Waals surface area contributed by atoms with Crippen LogP contribution in [0.1, 0.15) is 28.1 Å². The van der Waals surface area contributed by atoms with Crippen LogP contribution >= 0.6 is 11.3 Å². The van der Waals surface area contributed by atoms with Crippen molar-refractivity contribution < 1.29 is 4.74 Å². The number of benzene rings is 1. The lowest BCUT2D eigenvalue weighted by Gasteiger charge is -2.26. The summed E-state index contributed by atoms with van der Waals surface area (Å²) < 4.78 is 5.63. The number of aryl methyl sites for hydroxylation is 1. The minimum Gasteiger partial charge on any atom is -0.375 e. The van der Waals surface area contributed by atoms with Crippen LogP contribution in [-0.2, 0) is 4.74 Å². The standard InChI is InChI=1S/C14H18N2OS/c1-10-12(8-9-18-10)13(16-15)14(17-2)11-6-4-3-5-7-11/h3-9,13-14,16H,15H2,1-2H3. The molecule has 1 heterocycles. The van der Waals surface area contributed by atoms with Gasteiger partial charge in [0.15, 0.2) is 0 Å². The van der Waals surface area contributed by atoms with E-state index in [1.807, 2.05) is 18.2 Å². The van der Waals surface area contributed by atoms with Crippen molar-refractivity contribution in [3.8, 4) is 0 Å². The first kappa shape index (κ1) is 13.2. The van der Waals surface area contributed by atoms with Gasteiger partial charge in [0.1, 0.15) is 6.10 Å². The van der Waals surface area contributed by atoms with Crippen molar-refractivity contribution in [3.63, 3.8) is 0 Å². The summed E-state index contributed by atoms with van der Waals surface area (Å²) in [6.07, 6.45) is -0.0931. The highest BCUT2D eigenvalue weighted by molar-refractivity contribution is 7.10. The van der Waals surface area contributed by atoms with Crippen LogP contribution < -0.4 is 11.3 Å². The van der Waals surface area contributed by atoms with E-state index in [4.69, 9.17) is 10.6 Å². The first-order chi connectivity index (χ1) is 8.77. The molecule has 0 aliphatic carbocycles. The average molecular weight is 262 g/mol.